The van der Waals surface area contributed by atoms with Crippen LogP contribution in [0.5, 0.6) is 0 Å². The molecule has 0 aromatic heterocycles. The molecular weight excluding hydrogens is 360 g/mol. The van der Waals surface area contributed by atoms with Crippen molar-refractivity contribution in [1.29, 1.82) is 0 Å². The highest BCUT2D eigenvalue weighted by molar-refractivity contribution is 5.95. The third-order valence-electron chi connectivity index (χ3n) is 3.76. The molecule has 0 unspecified atom stereocenters. The van der Waals surface area contributed by atoms with Crippen LogP contribution in [0.3, 0.4) is 0 Å². The Bertz CT molecular complexity index is 816. The predicted octanol–water partition coefficient (Wildman–Crippen LogP) is 3.83. The molecule has 148 valence electrons. The lowest BCUT2D eigenvalue weighted by molar-refractivity contribution is -0.123. The molecule has 0 fully saturated rings. The first-order valence-electron chi connectivity index (χ1n) is 8.80. The van der Waals surface area contributed by atoms with Crippen LogP contribution >= 0.6 is 0 Å². The van der Waals surface area contributed by atoms with E-state index in [9.17, 15) is 19.5 Å². The van der Waals surface area contributed by atoms with Crippen LogP contribution < -0.4 is 10.6 Å². The van der Waals surface area contributed by atoms with E-state index in [0.717, 1.165) is 0 Å². The molecule has 0 spiro atoms. The molecule has 0 aliphatic heterocycles. The second-order valence-corrected chi connectivity index (χ2v) is 7.19. The first-order valence-corrected chi connectivity index (χ1v) is 8.80. The minimum Gasteiger partial charge on any atom is -0.465 e. The Labute approximate surface area is 163 Å². The van der Waals surface area contributed by atoms with Gasteiger partial charge < -0.3 is 20.5 Å². The number of amides is 2. The van der Waals surface area contributed by atoms with Gasteiger partial charge in [-0.15, -0.1) is 0 Å². The highest BCUT2D eigenvalue weighted by atomic mass is 16.6. The van der Waals surface area contributed by atoms with Crippen molar-refractivity contribution in [2.45, 2.75) is 38.5 Å². The molecule has 0 saturated heterocycles. The number of nitrogens with one attached hydrogen (secondary N) is 2. The number of hydrogen-bond acceptors (Lipinski definition) is 4. The standard InChI is InChI=1S/C21H24N2O5/c1-21(2,3)28-20(27)23-17(15-12-8-5-9-13-15)18(24)16(22-19(25)26)14-10-6-4-7-11-14/h4-13,16-17,22H,1-3H3,(H,23,27)(H,25,26)/t16-,17-/m1/s1. The highest BCUT2D eigenvalue weighted by Gasteiger charge is 2.33. The van der Waals surface area contributed by atoms with Crippen molar-refractivity contribution in [2.24, 2.45) is 0 Å². The first kappa shape index (κ1) is 21.0. The number of benzene rings is 2. The fourth-order valence-electron chi connectivity index (χ4n) is 2.64. The van der Waals surface area contributed by atoms with Gasteiger partial charge in [-0.2, -0.15) is 0 Å². The molecule has 28 heavy (non-hydrogen) atoms. The van der Waals surface area contributed by atoms with Crippen molar-refractivity contribution in [3.8, 4) is 0 Å². The maximum Gasteiger partial charge on any atom is 0.408 e. The average Bonchev–Trinajstić information content (AvgIpc) is 2.63. The molecule has 7 heteroatoms. The summed E-state index contributed by atoms with van der Waals surface area (Å²) in [5, 5.41) is 14.0. The molecule has 0 aliphatic carbocycles. The summed E-state index contributed by atoms with van der Waals surface area (Å²) in [5.74, 6) is -0.523. The minimum absolute atomic E-state index is 0.474. The van der Waals surface area contributed by atoms with Gasteiger partial charge in [-0.25, -0.2) is 9.59 Å². The molecule has 2 atom stereocenters. The number of hydrogen-bond donors (Lipinski definition) is 3. The molecule has 0 heterocycles. The number of ether oxygens (including phenoxy) is 1. The minimum atomic E-state index is -1.34. The molecular formula is C21H24N2O5. The number of alkyl carbamates (subject to hydrolysis) is 1. The number of carbonyl (C=O) groups is 3. The number of carbonyl (C=O) groups excluding carboxylic acids is 2. The summed E-state index contributed by atoms with van der Waals surface area (Å²) < 4.78 is 5.27. The van der Waals surface area contributed by atoms with Crippen molar-refractivity contribution >= 4 is 18.0 Å². The van der Waals surface area contributed by atoms with E-state index < -0.39 is 35.7 Å². The van der Waals surface area contributed by atoms with E-state index in [0.29, 0.717) is 11.1 Å². The zero-order valence-corrected chi connectivity index (χ0v) is 16.0. The van der Waals surface area contributed by atoms with Crippen molar-refractivity contribution in [3.05, 3.63) is 71.8 Å². The lowest BCUT2D eigenvalue weighted by Gasteiger charge is -2.26. The zero-order valence-electron chi connectivity index (χ0n) is 16.0. The summed E-state index contributed by atoms with van der Waals surface area (Å²) in [6.07, 6.45) is -2.11. The van der Waals surface area contributed by atoms with E-state index >= 15 is 0 Å². The summed E-state index contributed by atoms with van der Waals surface area (Å²) in [6, 6.07) is 14.8. The van der Waals surface area contributed by atoms with E-state index in [1.165, 1.54) is 0 Å². The smallest absolute Gasteiger partial charge is 0.408 e. The van der Waals surface area contributed by atoms with Crippen LogP contribution in [0.25, 0.3) is 0 Å². The third-order valence-corrected chi connectivity index (χ3v) is 3.76. The second kappa shape index (κ2) is 9.03. The first-order chi connectivity index (χ1) is 13.2. The second-order valence-electron chi connectivity index (χ2n) is 7.19. The quantitative estimate of drug-likeness (QED) is 0.702. The molecule has 0 bridgehead atoms. The average molecular weight is 384 g/mol. The number of ketones is 1. The summed E-state index contributed by atoms with van der Waals surface area (Å²) in [6.45, 7) is 5.14. The van der Waals surface area contributed by atoms with E-state index in [4.69, 9.17) is 4.74 Å². The largest absolute Gasteiger partial charge is 0.465 e. The predicted molar refractivity (Wildman–Crippen MR) is 104 cm³/mol. The molecule has 2 rings (SSSR count). The molecule has 2 aromatic carbocycles. The lowest BCUT2D eigenvalue weighted by Crippen LogP contribution is -2.43. The maximum absolute atomic E-state index is 13.3. The van der Waals surface area contributed by atoms with Crippen LogP contribution in [-0.4, -0.2) is 28.7 Å². The molecule has 2 aromatic rings. The van der Waals surface area contributed by atoms with E-state index in [1.54, 1.807) is 81.4 Å². The molecule has 3 N–H and O–H groups in total. The fraction of sp³-hybridized carbons (Fsp3) is 0.286. The van der Waals surface area contributed by atoms with Crippen LogP contribution in [0.15, 0.2) is 60.7 Å². The summed E-state index contributed by atoms with van der Waals surface area (Å²) >= 11 is 0. The number of rotatable bonds is 6. The Kier molecular flexibility index (Phi) is 6.76. The van der Waals surface area contributed by atoms with Gasteiger partial charge in [0.05, 0.1) is 0 Å². The van der Waals surface area contributed by atoms with Crippen molar-refractivity contribution in [2.75, 3.05) is 0 Å². The van der Waals surface area contributed by atoms with Crippen LogP contribution in [-0.2, 0) is 9.53 Å². The van der Waals surface area contributed by atoms with Gasteiger partial charge in [0.25, 0.3) is 0 Å². The molecule has 0 radical (unpaired) electrons. The molecule has 7 nitrogen and oxygen atoms in total. The van der Waals surface area contributed by atoms with E-state index in [1.807, 2.05) is 0 Å². The Hall–Kier alpha value is -3.35. The van der Waals surface area contributed by atoms with Gasteiger partial charge in [0.2, 0.25) is 0 Å². The zero-order chi connectivity index (χ0) is 20.7. The van der Waals surface area contributed by atoms with Crippen molar-refractivity contribution in [1.82, 2.24) is 10.6 Å². The van der Waals surface area contributed by atoms with Gasteiger partial charge in [0.15, 0.2) is 5.78 Å². The van der Waals surface area contributed by atoms with Gasteiger partial charge in [0.1, 0.15) is 17.7 Å². The Morgan fingerprint density at radius 3 is 1.64 bits per heavy atom. The van der Waals surface area contributed by atoms with E-state index in [2.05, 4.69) is 10.6 Å². The molecule has 0 aliphatic rings. The number of Topliss-reactive ketones (excluding diaryl/α,β-unsaturated/α-hetero) is 1. The Morgan fingerprint density at radius 1 is 0.821 bits per heavy atom. The van der Waals surface area contributed by atoms with Gasteiger partial charge in [0, 0.05) is 0 Å². The monoisotopic (exact) mass is 384 g/mol. The van der Waals surface area contributed by atoms with Crippen molar-refractivity contribution < 1.29 is 24.2 Å². The Balaban J connectivity index is 2.38. The van der Waals surface area contributed by atoms with E-state index in [-0.39, 0.29) is 0 Å². The SMILES string of the molecule is CC(C)(C)OC(=O)N[C@@H](C(=O)[C@H](NC(=O)O)c1ccccc1)c1ccccc1. The van der Waals surface area contributed by atoms with Crippen LogP contribution in [0, 0.1) is 0 Å². The third kappa shape index (κ3) is 6.12. The lowest BCUT2D eigenvalue weighted by atomic mass is 9.93. The van der Waals surface area contributed by atoms with Crippen LogP contribution in [0.2, 0.25) is 0 Å². The topological polar surface area (TPSA) is 105 Å². The normalized spacial score (nSPS) is 13.1. The fourth-order valence-corrected chi connectivity index (χ4v) is 2.64. The highest BCUT2D eigenvalue weighted by Crippen LogP contribution is 2.24. The van der Waals surface area contributed by atoms with Crippen LogP contribution in [0.4, 0.5) is 9.59 Å². The van der Waals surface area contributed by atoms with Crippen LogP contribution in [0.1, 0.15) is 44.0 Å². The van der Waals surface area contributed by atoms with Gasteiger partial charge in [-0.3, -0.25) is 4.79 Å². The van der Waals surface area contributed by atoms with Crippen molar-refractivity contribution in [3.63, 3.8) is 0 Å². The Morgan fingerprint density at radius 2 is 1.25 bits per heavy atom. The number of carboxylic acid groups (broad SMARTS) is 1. The summed E-state index contributed by atoms with van der Waals surface area (Å²) in [5.41, 5.74) is 0.250. The van der Waals surface area contributed by atoms with Gasteiger partial charge >= 0.3 is 12.2 Å². The van der Waals surface area contributed by atoms with Gasteiger partial charge in [-0.05, 0) is 31.9 Å². The maximum atomic E-state index is 13.3. The molecule has 0 saturated carbocycles. The molecule has 2 amide bonds. The summed E-state index contributed by atoms with van der Waals surface area (Å²) in [4.78, 5) is 36.9. The van der Waals surface area contributed by atoms with Gasteiger partial charge in [-0.1, -0.05) is 60.7 Å². The summed E-state index contributed by atoms with van der Waals surface area (Å²) in [7, 11) is 0.